The topological polar surface area (TPSA) is 41.1 Å². The standard InChI is InChI=1S/C15H12ClFN2O/c16-9-5-6-12-14(7-9)18-13(8-15(20)19-12)10-3-1-2-4-11(10)17/h1-7,13,18H,8H2,(H,19,20)/t13-/m0/s1. The lowest BCUT2D eigenvalue weighted by Crippen LogP contribution is -2.16. The minimum absolute atomic E-state index is 0.160. The fourth-order valence-electron chi connectivity index (χ4n) is 2.32. The number of rotatable bonds is 1. The van der Waals surface area contributed by atoms with Crippen LogP contribution in [0.25, 0.3) is 0 Å². The maximum Gasteiger partial charge on any atom is 0.226 e. The molecule has 3 nitrogen and oxygen atoms in total. The summed E-state index contributed by atoms with van der Waals surface area (Å²) in [5.41, 5.74) is 1.81. The summed E-state index contributed by atoms with van der Waals surface area (Å²) < 4.78 is 13.9. The number of carbonyl (C=O) groups is 1. The molecule has 1 atom stereocenters. The molecule has 0 saturated heterocycles. The van der Waals surface area contributed by atoms with Gasteiger partial charge in [0.25, 0.3) is 0 Å². The Kier molecular flexibility index (Phi) is 3.32. The Hall–Kier alpha value is -2.07. The third-order valence-electron chi connectivity index (χ3n) is 3.26. The van der Waals surface area contributed by atoms with Gasteiger partial charge >= 0.3 is 0 Å². The molecule has 102 valence electrons. The van der Waals surface area contributed by atoms with Crippen molar-refractivity contribution in [3.05, 3.63) is 58.9 Å². The number of carbonyl (C=O) groups excluding carboxylic acids is 1. The smallest absolute Gasteiger partial charge is 0.226 e. The molecule has 2 aromatic rings. The summed E-state index contributed by atoms with van der Waals surface area (Å²) in [4.78, 5) is 11.9. The molecule has 0 bridgehead atoms. The van der Waals surface area contributed by atoms with Crippen molar-refractivity contribution in [1.82, 2.24) is 0 Å². The van der Waals surface area contributed by atoms with E-state index in [9.17, 15) is 9.18 Å². The molecule has 0 spiro atoms. The molecule has 1 heterocycles. The highest BCUT2D eigenvalue weighted by atomic mass is 35.5. The molecule has 2 N–H and O–H groups in total. The van der Waals surface area contributed by atoms with Crippen molar-refractivity contribution < 1.29 is 9.18 Å². The van der Waals surface area contributed by atoms with Gasteiger partial charge in [0, 0.05) is 10.6 Å². The van der Waals surface area contributed by atoms with Crippen LogP contribution in [0.4, 0.5) is 15.8 Å². The normalized spacial score (nSPS) is 17.7. The van der Waals surface area contributed by atoms with Crippen LogP contribution in [0, 0.1) is 5.82 Å². The molecular weight excluding hydrogens is 279 g/mol. The van der Waals surface area contributed by atoms with Crippen LogP contribution in [0.1, 0.15) is 18.0 Å². The number of fused-ring (bicyclic) bond motifs is 1. The summed E-state index contributed by atoms with van der Waals surface area (Å²) in [5.74, 6) is -0.491. The lowest BCUT2D eigenvalue weighted by Gasteiger charge is -2.18. The van der Waals surface area contributed by atoms with Crippen molar-refractivity contribution in [1.29, 1.82) is 0 Å². The van der Waals surface area contributed by atoms with Crippen molar-refractivity contribution >= 4 is 28.9 Å². The monoisotopic (exact) mass is 290 g/mol. The second kappa shape index (κ2) is 5.13. The molecule has 0 fully saturated rings. The molecular formula is C15H12ClFN2O. The van der Waals surface area contributed by atoms with Gasteiger partial charge in [-0.3, -0.25) is 4.79 Å². The van der Waals surface area contributed by atoms with Crippen molar-refractivity contribution in [2.45, 2.75) is 12.5 Å². The van der Waals surface area contributed by atoms with Gasteiger partial charge in [0.2, 0.25) is 5.91 Å². The van der Waals surface area contributed by atoms with E-state index in [1.54, 1.807) is 36.4 Å². The summed E-state index contributed by atoms with van der Waals surface area (Å²) in [6.07, 6.45) is 0.160. The van der Waals surface area contributed by atoms with E-state index in [1.807, 2.05) is 0 Å². The molecule has 1 amide bonds. The van der Waals surface area contributed by atoms with Crippen molar-refractivity contribution in [2.24, 2.45) is 0 Å². The Bertz CT molecular complexity index is 675. The van der Waals surface area contributed by atoms with Gasteiger partial charge in [-0.1, -0.05) is 29.8 Å². The average molecular weight is 291 g/mol. The minimum Gasteiger partial charge on any atom is -0.376 e. The van der Waals surface area contributed by atoms with E-state index in [0.29, 0.717) is 22.0 Å². The minimum atomic E-state index is -0.420. The summed E-state index contributed by atoms with van der Waals surface area (Å²) >= 11 is 5.96. The molecule has 0 saturated carbocycles. The van der Waals surface area contributed by atoms with Crippen LogP contribution in [0.15, 0.2) is 42.5 Å². The maximum absolute atomic E-state index is 13.9. The summed E-state index contributed by atoms with van der Waals surface area (Å²) in [6, 6.07) is 11.2. The van der Waals surface area contributed by atoms with Crippen LogP contribution >= 0.6 is 11.6 Å². The van der Waals surface area contributed by atoms with Crippen LogP contribution in [0.2, 0.25) is 5.02 Å². The Morgan fingerprint density at radius 1 is 1.15 bits per heavy atom. The number of halogens is 2. The number of amides is 1. The first-order valence-corrected chi connectivity index (χ1v) is 6.61. The van der Waals surface area contributed by atoms with Gasteiger partial charge in [-0.2, -0.15) is 0 Å². The number of nitrogens with one attached hydrogen (secondary N) is 2. The van der Waals surface area contributed by atoms with Crippen LogP contribution < -0.4 is 10.6 Å². The molecule has 20 heavy (non-hydrogen) atoms. The zero-order valence-electron chi connectivity index (χ0n) is 10.5. The lowest BCUT2D eigenvalue weighted by atomic mass is 10.0. The van der Waals surface area contributed by atoms with Crippen LogP contribution in [0.5, 0.6) is 0 Å². The van der Waals surface area contributed by atoms with Crippen LogP contribution in [0.3, 0.4) is 0 Å². The number of anilines is 2. The van der Waals surface area contributed by atoms with Gasteiger partial charge in [-0.15, -0.1) is 0 Å². The second-order valence-electron chi connectivity index (χ2n) is 4.66. The van der Waals surface area contributed by atoms with E-state index in [0.717, 1.165) is 0 Å². The molecule has 1 aliphatic rings. The molecule has 3 rings (SSSR count). The zero-order valence-corrected chi connectivity index (χ0v) is 11.2. The van der Waals surface area contributed by atoms with E-state index >= 15 is 0 Å². The van der Waals surface area contributed by atoms with E-state index in [4.69, 9.17) is 11.6 Å². The van der Waals surface area contributed by atoms with E-state index < -0.39 is 6.04 Å². The largest absolute Gasteiger partial charge is 0.376 e. The number of benzene rings is 2. The average Bonchev–Trinajstić information content (AvgIpc) is 2.57. The fraction of sp³-hybridized carbons (Fsp3) is 0.133. The Morgan fingerprint density at radius 3 is 2.75 bits per heavy atom. The highest BCUT2D eigenvalue weighted by Gasteiger charge is 2.24. The number of hydrogen-bond acceptors (Lipinski definition) is 2. The first-order valence-electron chi connectivity index (χ1n) is 6.24. The Morgan fingerprint density at radius 2 is 1.95 bits per heavy atom. The van der Waals surface area contributed by atoms with Gasteiger partial charge in [0.15, 0.2) is 0 Å². The molecule has 0 aromatic heterocycles. The summed E-state index contributed by atoms with van der Waals surface area (Å²) in [5, 5.41) is 6.52. The van der Waals surface area contributed by atoms with E-state index in [-0.39, 0.29) is 18.1 Å². The quantitative estimate of drug-likeness (QED) is 0.834. The molecule has 2 aromatic carbocycles. The van der Waals surface area contributed by atoms with Gasteiger partial charge in [-0.05, 0) is 24.3 Å². The molecule has 0 unspecified atom stereocenters. The molecule has 0 radical (unpaired) electrons. The van der Waals surface area contributed by atoms with Gasteiger partial charge in [0.05, 0.1) is 23.8 Å². The maximum atomic E-state index is 13.9. The van der Waals surface area contributed by atoms with Gasteiger partial charge in [-0.25, -0.2) is 4.39 Å². The van der Waals surface area contributed by atoms with Gasteiger partial charge in [0.1, 0.15) is 5.82 Å². The third kappa shape index (κ3) is 2.47. The SMILES string of the molecule is O=C1C[C@@H](c2ccccc2F)Nc2cc(Cl)ccc2N1. The lowest BCUT2D eigenvalue weighted by molar-refractivity contribution is -0.116. The highest BCUT2D eigenvalue weighted by molar-refractivity contribution is 6.31. The third-order valence-corrected chi connectivity index (χ3v) is 3.49. The molecule has 1 aliphatic heterocycles. The van der Waals surface area contributed by atoms with Crippen LogP contribution in [-0.4, -0.2) is 5.91 Å². The van der Waals surface area contributed by atoms with Gasteiger partial charge < -0.3 is 10.6 Å². The predicted molar refractivity (Wildman–Crippen MR) is 77.5 cm³/mol. The summed E-state index contributed by atoms with van der Waals surface area (Å²) in [7, 11) is 0. The zero-order chi connectivity index (χ0) is 14.1. The van der Waals surface area contributed by atoms with Crippen molar-refractivity contribution in [3.8, 4) is 0 Å². The summed E-state index contributed by atoms with van der Waals surface area (Å²) in [6.45, 7) is 0. The number of hydrogen-bond donors (Lipinski definition) is 2. The van der Waals surface area contributed by atoms with Crippen molar-refractivity contribution in [2.75, 3.05) is 10.6 Å². The molecule has 0 aliphatic carbocycles. The highest BCUT2D eigenvalue weighted by Crippen LogP contribution is 2.34. The Balaban J connectivity index is 2.02. The Labute approximate surface area is 120 Å². The molecule has 5 heteroatoms. The second-order valence-corrected chi connectivity index (χ2v) is 5.10. The van der Waals surface area contributed by atoms with E-state index in [2.05, 4.69) is 10.6 Å². The first kappa shape index (κ1) is 12.9. The predicted octanol–water partition coefficient (Wildman–Crippen LogP) is 3.97. The van der Waals surface area contributed by atoms with Crippen molar-refractivity contribution in [3.63, 3.8) is 0 Å². The fourth-order valence-corrected chi connectivity index (χ4v) is 2.49. The van der Waals surface area contributed by atoms with Crippen LogP contribution in [-0.2, 0) is 4.79 Å². The first-order chi connectivity index (χ1) is 9.63. The van der Waals surface area contributed by atoms with E-state index in [1.165, 1.54) is 6.07 Å².